The summed E-state index contributed by atoms with van der Waals surface area (Å²) in [5.74, 6) is 1.87. The van der Waals surface area contributed by atoms with E-state index in [9.17, 15) is 9.59 Å². The van der Waals surface area contributed by atoms with Gasteiger partial charge in [-0.25, -0.2) is 0 Å². The summed E-state index contributed by atoms with van der Waals surface area (Å²) in [5.41, 5.74) is 6.30. The molecular formula is C30H42O4Si2. The van der Waals surface area contributed by atoms with Crippen molar-refractivity contribution < 1.29 is 18.4 Å². The average Bonchev–Trinajstić information content (AvgIpc) is 2.74. The van der Waals surface area contributed by atoms with Gasteiger partial charge in [0, 0.05) is 22.3 Å². The molecule has 0 aromatic heterocycles. The van der Waals surface area contributed by atoms with Crippen molar-refractivity contribution in [2.75, 3.05) is 0 Å². The van der Waals surface area contributed by atoms with E-state index in [-0.39, 0.29) is 21.6 Å². The summed E-state index contributed by atoms with van der Waals surface area (Å²) >= 11 is 0. The summed E-state index contributed by atoms with van der Waals surface area (Å²) < 4.78 is 13.7. The van der Waals surface area contributed by atoms with Crippen LogP contribution in [0.3, 0.4) is 0 Å². The number of rotatable bonds is 4. The summed E-state index contributed by atoms with van der Waals surface area (Å²) in [6.07, 6.45) is 5.47. The molecular weight excluding hydrogens is 480 g/mol. The molecule has 4 nitrogen and oxygen atoms in total. The van der Waals surface area contributed by atoms with E-state index in [2.05, 4.69) is 79.9 Å². The van der Waals surface area contributed by atoms with Crippen molar-refractivity contribution in [3.63, 3.8) is 0 Å². The number of hydrogen-bond donors (Lipinski definition) is 0. The molecule has 0 N–H and O–H groups in total. The number of allylic oxidation sites excluding steroid dienone is 6. The maximum Gasteiger partial charge on any atom is 0.250 e. The van der Waals surface area contributed by atoms with Gasteiger partial charge in [0.05, 0.1) is 0 Å². The predicted molar refractivity (Wildman–Crippen MR) is 152 cm³/mol. The fraction of sp³-hybridized carbons (Fsp3) is 0.533. The Balaban J connectivity index is 1.77. The Morgan fingerprint density at radius 3 is 1.25 bits per heavy atom. The van der Waals surface area contributed by atoms with Crippen molar-refractivity contribution in [1.29, 1.82) is 0 Å². The molecule has 0 heterocycles. The molecule has 0 fully saturated rings. The fourth-order valence-corrected chi connectivity index (χ4v) is 6.70. The molecule has 36 heavy (non-hydrogen) atoms. The van der Waals surface area contributed by atoms with Crippen LogP contribution in [0.5, 0.6) is 11.5 Å². The quantitative estimate of drug-likeness (QED) is 0.231. The van der Waals surface area contributed by atoms with E-state index in [4.69, 9.17) is 8.85 Å². The Hall–Kier alpha value is -2.19. The maximum atomic E-state index is 12.6. The van der Waals surface area contributed by atoms with Gasteiger partial charge in [-0.3, -0.25) is 9.59 Å². The number of carbonyl (C=O) groups excluding carboxylic acids is 2. The van der Waals surface area contributed by atoms with Crippen LogP contribution >= 0.6 is 0 Å². The zero-order chi connectivity index (χ0) is 26.8. The van der Waals surface area contributed by atoms with Gasteiger partial charge in [0.2, 0.25) is 16.6 Å². The molecule has 3 aliphatic carbocycles. The number of carbonyl (C=O) groups is 2. The zero-order valence-electron chi connectivity index (χ0n) is 23.8. The number of fused-ring (bicyclic) bond motifs is 1. The Morgan fingerprint density at radius 2 is 0.944 bits per heavy atom. The second-order valence-electron chi connectivity index (χ2n) is 13.7. The second kappa shape index (κ2) is 8.69. The summed E-state index contributed by atoms with van der Waals surface area (Å²) in [6.45, 7) is 22.7. The Labute approximate surface area is 219 Å². The molecule has 0 amide bonds. The van der Waals surface area contributed by atoms with Gasteiger partial charge in [-0.15, -0.1) is 0 Å². The van der Waals surface area contributed by atoms with Gasteiger partial charge in [0.15, 0.2) is 11.6 Å². The fourth-order valence-electron chi connectivity index (χ4n) is 4.60. The van der Waals surface area contributed by atoms with Gasteiger partial charge < -0.3 is 8.85 Å². The lowest BCUT2D eigenvalue weighted by molar-refractivity contribution is -0.115. The minimum Gasteiger partial charge on any atom is -0.543 e. The molecule has 0 unspecified atom stereocenters. The molecule has 0 aliphatic heterocycles. The summed E-state index contributed by atoms with van der Waals surface area (Å²) in [6, 6.07) is 4.22. The second-order valence-corrected chi connectivity index (χ2v) is 23.1. The first-order valence-corrected chi connectivity index (χ1v) is 18.9. The third-order valence-electron chi connectivity index (χ3n) is 9.09. The van der Waals surface area contributed by atoms with Crippen LogP contribution in [0.25, 0.3) is 0 Å². The average molecular weight is 523 g/mol. The van der Waals surface area contributed by atoms with Crippen LogP contribution in [-0.4, -0.2) is 28.2 Å². The minimum atomic E-state index is -2.06. The van der Waals surface area contributed by atoms with E-state index in [0.717, 1.165) is 24.3 Å². The SMILES string of the molecule is CC(C)(C)[Si](C)(C)Oc1ccc(O[Si](C)(C)C(C)(C)C)c2c1CC1=C(CC3=C(C1)C(=O)C=CC3=O)C2. The molecule has 0 saturated heterocycles. The molecule has 0 saturated carbocycles. The van der Waals surface area contributed by atoms with Gasteiger partial charge in [-0.2, -0.15) is 0 Å². The van der Waals surface area contributed by atoms with Crippen molar-refractivity contribution in [2.24, 2.45) is 0 Å². The van der Waals surface area contributed by atoms with Crippen molar-refractivity contribution in [3.8, 4) is 11.5 Å². The third kappa shape index (κ3) is 4.74. The standard InChI is InChI=1S/C30H42O4Si2/c1-29(2,3)35(7,8)33-27-13-14-28(34-36(9,10)30(4,5)6)24-18-20-16-22-21(15-19(20)17-23(24)27)25(31)11-12-26(22)32/h11-14H,15-18H2,1-10H3. The highest BCUT2D eigenvalue weighted by molar-refractivity contribution is 6.75. The van der Waals surface area contributed by atoms with Crippen LogP contribution in [0.2, 0.25) is 36.3 Å². The van der Waals surface area contributed by atoms with E-state index < -0.39 is 16.6 Å². The van der Waals surface area contributed by atoms with Crippen LogP contribution in [0, 0.1) is 0 Å². The van der Waals surface area contributed by atoms with E-state index in [1.807, 2.05) is 0 Å². The van der Waals surface area contributed by atoms with E-state index >= 15 is 0 Å². The molecule has 1 aromatic rings. The molecule has 0 bridgehead atoms. The van der Waals surface area contributed by atoms with Gasteiger partial charge in [-0.05, 0) is 86.2 Å². The third-order valence-corrected chi connectivity index (χ3v) is 17.8. The molecule has 0 radical (unpaired) electrons. The van der Waals surface area contributed by atoms with Crippen molar-refractivity contribution >= 4 is 28.2 Å². The lowest BCUT2D eigenvalue weighted by Crippen LogP contribution is -2.45. The van der Waals surface area contributed by atoms with Crippen LogP contribution in [0.15, 0.2) is 46.6 Å². The minimum absolute atomic E-state index is 0.0188. The lowest BCUT2D eigenvalue weighted by atomic mass is 9.73. The largest absolute Gasteiger partial charge is 0.543 e. The smallest absolute Gasteiger partial charge is 0.250 e. The summed E-state index contributed by atoms with van der Waals surface area (Å²) in [7, 11) is -4.11. The molecule has 194 valence electrons. The van der Waals surface area contributed by atoms with E-state index in [1.54, 1.807) is 0 Å². The molecule has 0 spiro atoms. The molecule has 4 rings (SSSR count). The monoisotopic (exact) mass is 522 g/mol. The van der Waals surface area contributed by atoms with Gasteiger partial charge >= 0.3 is 0 Å². The van der Waals surface area contributed by atoms with Crippen LogP contribution in [-0.2, 0) is 22.4 Å². The van der Waals surface area contributed by atoms with Crippen LogP contribution in [0.4, 0.5) is 0 Å². The van der Waals surface area contributed by atoms with E-state index in [1.165, 1.54) is 34.4 Å². The predicted octanol–water partition coefficient (Wildman–Crippen LogP) is 7.65. The number of benzene rings is 1. The van der Waals surface area contributed by atoms with Crippen LogP contribution < -0.4 is 8.85 Å². The normalized spacial score (nSPS) is 18.7. The molecule has 6 heteroatoms. The van der Waals surface area contributed by atoms with Gasteiger partial charge in [-0.1, -0.05) is 52.7 Å². The lowest BCUT2D eigenvalue weighted by Gasteiger charge is -2.40. The van der Waals surface area contributed by atoms with Crippen LogP contribution in [0.1, 0.15) is 65.5 Å². The summed E-state index contributed by atoms with van der Waals surface area (Å²) in [4.78, 5) is 25.2. The maximum absolute atomic E-state index is 12.6. The highest BCUT2D eigenvalue weighted by atomic mass is 28.4. The number of ketones is 2. The molecule has 3 aliphatic rings. The first-order chi connectivity index (χ1) is 16.4. The highest BCUT2D eigenvalue weighted by Crippen LogP contribution is 2.48. The Morgan fingerprint density at radius 1 is 0.611 bits per heavy atom. The number of hydrogen-bond acceptors (Lipinski definition) is 4. The van der Waals surface area contributed by atoms with Crippen molar-refractivity contribution in [3.05, 3.63) is 57.7 Å². The van der Waals surface area contributed by atoms with Gasteiger partial charge in [0.25, 0.3) is 0 Å². The van der Waals surface area contributed by atoms with Gasteiger partial charge in [0.1, 0.15) is 11.5 Å². The molecule has 1 aromatic carbocycles. The first kappa shape index (κ1) is 26.9. The Bertz CT molecular complexity index is 1140. The topological polar surface area (TPSA) is 52.6 Å². The van der Waals surface area contributed by atoms with E-state index in [0.29, 0.717) is 24.0 Å². The molecule has 0 atom stereocenters. The highest BCUT2D eigenvalue weighted by Gasteiger charge is 2.42. The summed E-state index contributed by atoms with van der Waals surface area (Å²) in [5, 5.41) is 0.169. The first-order valence-electron chi connectivity index (χ1n) is 13.1. The van der Waals surface area contributed by atoms with Crippen molar-refractivity contribution in [2.45, 2.75) is 103 Å². The zero-order valence-corrected chi connectivity index (χ0v) is 25.8. The Kier molecular flexibility index (Phi) is 6.49. The van der Waals surface area contributed by atoms with Crippen molar-refractivity contribution in [1.82, 2.24) is 0 Å².